The lowest BCUT2D eigenvalue weighted by Crippen LogP contribution is -2.19. The van der Waals surface area contributed by atoms with Crippen LogP contribution in [-0.2, 0) is 9.59 Å². The average molecular weight is 191 g/mol. The monoisotopic (exact) mass is 191 g/mol. The Kier molecular flexibility index (Phi) is 2.23. The molecule has 0 atom stereocenters. The Balaban J connectivity index is 2.21. The molecule has 3 nitrogen and oxygen atoms in total. The third kappa shape index (κ3) is 1.62. The van der Waals surface area contributed by atoms with Crippen molar-refractivity contribution in [3.05, 3.63) is 23.4 Å². The van der Waals surface area contributed by atoms with E-state index in [4.69, 9.17) is 0 Å². The quantitative estimate of drug-likeness (QED) is 0.494. The maximum Gasteiger partial charge on any atom is 0.205 e. The van der Waals surface area contributed by atoms with Crippen molar-refractivity contribution in [3.63, 3.8) is 0 Å². The highest BCUT2D eigenvalue weighted by Crippen LogP contribution is 2.24. The van der Waals surface area contributed by atoms with Gasteiger partial charge in [0.1, 0.15) is 0 Å². The molecule has 1 saturated heterocycles. The van der Waals surface area contributed by atoms with Crippen molar-refractivity contribution in [1.29, 1.82) is 0 Å². The molecule has 3 heteroatoms. The van der Waals surface area contributed by atoms with E-state index >= 15 is 0 Å². The molecule has 0 aromatic heterocycles. The molecule has 2 aliphatic rings. The normalized spacial score (nSPS) is 20.8. The summed E-state index contributed by atoms with van der Waals surface area (Å²) in [5, 5.41) is 0. The molecule has 0 unspecified atom stereocenters. The van der Waals surface area contributed by atoms with Gasteiger partial charge in [0.2, 0.25) is 5.78 Å². The van der Waals surface area contributed by atoms with E-state index in [0.717, 1.165) is 19.5 Å². The molecule has 0 radical (unpaired) electrons. The minimum absolute atomic E-state index is 0.0453. The first-order valence-corrected chi connectivity index (χ1v) is 4.98. The molecule has 1 fully saturated rings. The summed E-state index contributed by atoms with van der Waals surface area (Å²) in [5.74, 6) is -0.00102. The van der Waals surface area contributed by atoms with Gasteiger partial charge in [-0.25, -0.2) is 0 Å². The fourth-order valence-electron chi connectivity index (χ4n) is 1.62. The SMILES string of the molecule is CCCC1=CC(=O)C=C(N2CC2)C1=O. The first-order valence-electron chi connectivity index (χ1n) is 4.98. The summed E-state index contributed by atoms with van der Waals surface area (Å²) in [5.41, 5.74) is 1.27. The summed E-state index contributed by atoms with van der Waals surface area (Å²) in [6.45, 7) is 3.82. The highest BCUT2D eigenvalue weighted by atomic mass is 16.1. The van der Waals surface area contributed by atoms with Crippen molar-refractivity contribution >= 4 is 11.6 Å². The second-order valence-corrected chi connectivity index (χ2v) is 3.67. The summed E-state index contributed by atoms with van der Waals surface area (Å²) in [6, 6.07) is 0. The van der Waals surface area contributed by atoms with Gasteiger partial charge in [-0.15, -0.1) is 0 Å². The topological polar surface area (TPSA) is 37.1 Å². The Bertz CT molecular complexity index is 348. The molecule has 0 spiro atoms. The zero-order chi connectivity index (χ0) is 10.1. The van der Waals surface area contributed by atoms with Crippen molar-refractivity contribution in [3.8, 4) is 0 Å². The number of Topliss-reactive ketones (excluding diaryl/α,β-unsaturated/α-hetero) is 1. The number of hydrogen-bond acceptors (Lipinski definition) is 3. The molecule has 74 valence electrons. The van der Waals surface area contributed by atoms with Gasteiger partial charge in [0.25, 0.3) is 0 Å². The average Bonchev–Trinajstić information content (AvgIpc) is 2.94. The van der Waals surface area contributed by atoms with E-state index in [1.165, 1.54) is 12.2 Å². The molecule has 2 rings (SSSR count). The molecular weight excluding hydrogens is 178 g/mol. The minimum atomic E-state index is -0.0463. The maximum absolute atomic E-state index is 11.8. The second-order valence-electron chi connectivity index (χ2n) is 3.67. The lowest BCUT2D eigenvalue weighted by Gasteiger charge is -2.13. The van der Waals surface area contributed by atoms with E-state index in [1.807, 2.05) is 11.8 Å². The van der Waals surface area contributed by atoms with E-state index in [2.05, 4.69) is 0 Å². The molecule has 0 aromatic carbocycles. The number of allylic oxidation sites excluding steroid dienone is 3. The number of nitrogens with zero attached hydrogens (tertiary/aromatic N) is 1. The lowest BCUT2D eigenvalue weighted by atomic mass is 9.97. The van der Waals surface area contributed by atoms with Crippen LogP contribution in [0.5, 0.6) is 0 Å². The van der Waals surface area contributed by atoms with Crippen molar-refractivity contribution in [2.75, 3.05) is 13.1 Å². The number of carbonyl (C=O) groups is 2. The molecule has 0 amide bonds. The van der Waals surface area contributed by atoms with Crippen LogP contribution < -0.4 is 0 Å². The molecule has 1 aliphatic heterocycles. The minimum Gasteiger partial charge on any atom is -0.365 e. The molecular formula is C11H13NO2. The zero-order valence-electron chi connectivity index (χ0n) is 8.25. The largest absolute Gasteiger partial charge is 0.365 e. The third-order valence-corrected chi connectivity index (χ3v) is 2.43. The molecule has 1 heterocycles. The molecule has 14 heavy (non-hydrogen) atoms. The van der Waals surface area contributed by atoms with Gasteiger partial charge >= 0.3 is 0 Å². The van der Waals surface area contributed by atoms with Gasteiger partial charge in [-0.3, -0.25) is 9.59 Å². The van der Waals surface area contributed by atoms with Crippen LogP contribution in [0.25, 0.3) is 0 Å². The van der Waals surface area contributed by atoms with Crippen LogP contribution in [0, 0.1) is 0 Å². The molecule has 0 saturated carbocycles. The van der Waals surface area contributed by atoms with Crippen molar-refractivity contribution < 1.29 is 9.59 Å². The van der Waals surface area contributed by atoms with E-state index in [9.17, 15) is 9.59 Å². The van der Waals surface area contributed by atoms with E-state index in [0.29, 0.717) is 17.7 Å². The molecule has 0 bridgehead atoms. The highest BCUT2D eigenvalue weighted by Gasteiger charge is 2.30. The fraction of sp³-hybridized carbons (Fsp3) is 0.455. The van der Waals surface area contributed by atoms with Gasteiger partial charge in [-0.1, -0.05) is 13.3 Å². The first kappa shape index (κ1) is 9.19. The van der Waals surface area contributed by atoms with Crippen LogP contribution >= 0.6 is 0 Å². The molecule has 0 aromatic rings. The van der Waals surface area contributed by atoms with Crippen LogP contribution in [0.2, 0.25) is 0 Å². The highest BCUT2D eigenvalue weighted by molar-refractivity contribution is 6.20. The predicted octanol–water partition coefficient (Wildman–Crippen LogP) is 1.06. The Morgan fingerprint density at radius 2 is 2.00 bits per heavy atom. The maximum atomic E-state index is 11.8. The van der Waals surface area contributed by atoms with E-state index < -0.39 is 0 Å². The van der Waals surface area contributed by atoms with E-state index in [1.54, 1.807) is 0 Å². The zero-order valence-corrected chi connectivity index (χ0v) is 8.25. The van der Waals surface area contributed by atoms with Gasteiger partial charge in [-0.2, -0.15) is 0 Å². The van der Waals surface area contributed by atoms with Gasteiger partial charge in [0.15, 0.2) is 5.78 Å². The smallest absolute Gasteiger partial charge is 0.205 e. The standard InChI is InChI=1S/C11H13NO2/c1-2-3-8-6-9(13)7-10(11(8)14)12-4-5-12/h6-7H,2-5H2,1H3. The van der Waals surface area contributed by atoms with Crippen LogP contribution in [0.4, 0.5) is 0 Å². The van der Waals surface area contributed by atoms with Crippen molar-refractivity contribution in [2.45, 2.75) is 19.8 Å². The Morgan fingerprint density at radius 1 is 1.29 bits per heavy atom. The molecule has 0 N–H and O–H groups in total. The first-order chi connectivity index (χ1) is 6.72. The number of ketones is 2. The second kappa shape index (κ2) is 3.40. The Morgan fingerprint density at radius 3 is 2.57 bits per heavy atom. The van der Waals surface area contributed by atoms with Crippen LogP contribution in [-0.4, -0.2) is 29.6 Å². The fourth-order valence-corrected chi connectivity index (χ4v) is 1.62. The van der Waals surface area contributed by atoms with Crippen molar-refractivity contribution in [1.82, 2.24) is 4.90 Å². The summed E-state index contributed by atoms with van der Waals surface area (Å²) in [6.07, 6.45) is 4.53. The summed E-state index contributed by atoms with van der Waals surface area (Å²) >= 11 is 0. The van der Waals surface area contributed by atoms with E-state index in [-0.39, 0.29) is 11.6 Å². The Hall–Kier alpha value is -1.38. The molecule has 1 aliphatic carbocycles. The van der Waals surface area contributed by atoms with Crippen LogP contribution in [0.15, 0.2) is 23.4 Å². The number of carbonyl (C=O) groups excluding carboxylic acids is 2. The van der Waals surface area contributed by atoms with Crippen LogP contribution in [0.1, 0.15) is 19.8 Å². The van der Waals surface area contributed by atoms with Crippen LogP contribution in [0.3, 0.4) is 0 Å². The summed E-state index contributed by atoms with van der Waals surface area (Å²) < 4.78 is 0. The van der Waals surface area contributed by atoms with Gasteiger partial charge in [0, 0.05) is 24.7 Å². The van der Waals surface area contributed by atoms with Crippen molar-refractivity contribution in [2.24, 2.45) is 0 Å². The third-order valence-electron chi connectivity index (χ3n) is 2.43. The number of hydrogen-bond donors (Lipinski definition) is 0. The lowest BCUT2D eigenvalue weighted by molar-refractivity contribution is -0.116. The van der Waals surface area contributed by atoms with Gasteiger partial charge in [0.05, 0.1) is 5.70 Å². The summed E-state index contributed by atoms with van der Waals surface area (Å²) in [7, 11) is 0. The van der Waals surface area contributed by atoms with Gasteiger partial charge < -0.3 is 4.90 Å². The number of rotatable bonds is 3. The van der Waals surface area contributed by atoms with Gasteiger partial charge in [-0.05, 0) is 12.5 Å². The predicted molar refractivity (Wildman–Crippen MR) is 52.7 cm³/mol. The Labute approximate surface area is 83.1 Å². The summed E-state index contributed by atoms with van der Waals surface area (Å²) in [4.78, 5) is 25.1.